The molecule has 1 aromatic rings. The van der Waals surface area contributed by atoms with Gasteiger partial charge in [-0.25, -0.2) is 0 Å². The maximum absolute atomic E-state index is 12.5. The van der Waals surface area contributed by atoms with Crippen LogP contribution in [0.5, 0.6) is 5.75 Å². The molecular formula is C14H18Br2N2O2. The predicted octanol–water partition coefficient (Wildman–Crippen LogP) is 2.61. The van der Waals surface area contributed by atoms with Crippen molar-refractivity contribution in [2.45, 2.75) is 0 Å². The lowest BCUT2D eigenvalue weighted by Gasteiger charge is -2.34. The standard InChI is InChI=1S/C14H18Br2N2O2/c1-20-13-3-2-11(10-12(13)16)14(19)18-8-6-17(5-4-15)7-9-18/h2-3,10H,4-9H2,1H3. The summed E-state index contributed by atoms with van der Waals surface area (Å²) < 4.78 is 5.99. The minimum Gasteiger partial charge on any atom is -0.496 e. The number of carbonyl (C=O) groups is 1. The number of alkyl halides is 1. The summed E-state index contributed by atoms with van der Waals surface area (Å²) in [6.45, 7) is 4.49. The molecule has 4 nitrogen and oxygen atoms in total. The lowest BCUT2D eigenvalue weighted by Crippen LogP contribution is -2.49. The van der Waals surface area contributed by atoms with Gasteiger partial charge in [0.15, 0.2) is 0 Å². The molecule has 0 spiro atoms. The van der Waals surface area contributed by atoms with Crippen LogP contribution in [0, 0.1) is 0 Å². The normalized spacial score (nSPS) is 16.2. The van der Waals surface area contributed by atoms with Crippen molar-refractivity contribution in [3.63, 3.8) is 0 Å². The van der Waals surface area contributed by atoms with Crippen molar-refractivity contribution < 1.29 is 9.53 Å². The van der Waals surface area contributed by atoms with E-state index in [1.807, 2.05) is 23.1 Å². The van der Waals surface area contributed by atoms with E-state index in [0.29, 0.717) is 5.56 Å². The fourth-order valence-electron chi connectivity index (χ4n) is 2.28. The van der Waals surface area contributed by atoms with Gasteiger partial charge in [-0.05, 0) is 34.1 Å². The Morgan fingerprint density at radius 2 is 2.00 bits per heavy atom. The summed E-state index contributed by atoms with van der Waals surface area (Å²) in [6.07, 6.45) is 0. The summed E-state index contributed by atoms with van der Waals surface area (Å²) >= 11 is 6.87. The molecule has 110 valence electrons. The second kappa shape index (κ2) is 7.43. The van der Waals surface area contributed by atoms with Gasteiger partial charge in [-0.2, -0.15) is 0 Å². The minimum atomic E-state index is 0.0897. The summed E-state index contributed by atoms with van der Waals surface area (Å²) in [5.41, 5.74) is 0.701. The highest BCUT2D eigenvalue weighted by atomic mass is 79.9. The first-order valence-electron chi connectivity index (χ1n) is 6.57. The Labute approximate surface area is 136 Å². The molecule has 1 aromatic carbocycles. The van der Waals surface area contributed by atoms with Gasteiger partial charge in [-0.3, -0.25) is 9.69 Å². The van der Waals surface area contributed by atoms with Gasteiger partial charge >= 0.3 is 0 Å². The van der Waals surface area contributed by atoms with Crippen LogP contribution < -0.4 is 4.74 Å². The molecule has 0 atom stereocenters. The zero-order valence-corrected chi connectivity index (χ0v) is 14.6. The van der Waals surface area contributed by atoms with Crippen LogP contribution in [-0.2, 0) is 0 Å². The number of ether oxygens (including phenoxy) is 1. The Hall–Kier alpha value is -0.590. The average Bonchev–Trinajstić information content (AvgIpc) is 2.47. The maximum atomic E-state index is 12.5. The molecule has 1 saturated heterocycles. The number of nitrogens with zero attached hydrogens (tertiary/aromatic N) is 2. The third-order valence-corrected chi connectivity index (χ3v) is 4.43. The van der Waals surface area contributed by atoms with Crippen molar-refractivity contribution >= 4 is 37.8 Å². The van der Waals surface area contributed by atoms with Crippen LogP contribution in [0.3, 0.4) is 0 Å². The largest absolute Gasteiger partial charge is 0.496 e. The van der Waals surface area contributed by atoms with Gasteiger partial charge < -0.3 is 9.64 Å². The van der Waals surface area contributed by atoms with Crippen LogP contribution in [0.15, 0.2) is 22.7 Å². The molecule has 0 aromatic heterocycles. The van der Waals surface area contributed by atoms with Crippen molar-refractivity contribution in [1.29, 1.82) is 0 Å². The van der Waals surface area contributed by atoms with Crippen molar-refractivity contribution in [2.24, 2.45) is 0 Å². The Balaban J connectivity index is 2.00. The highest BCUT2D eigenvalue weighted by molar-refractivity contribution is 9.10. The molecule has 0 N–H and O–H groups in total. The highest BCUT2D eigenvalue weighted by Crippen LogP contribution is 2.26. The van der Waals surface area contributed by atoms with E-state index in [-0.39, 0.29) is 5.91 Å². The van der Waals surface area contributed by atoms with Crippen LogP contribution in [-0.4, -0.2) is 60.9 Å². The molecule has 0 saturated carbocycles. The zero-order chi connectivity index (χ0) is 14.5. The maximum Gasteiger partial charge on any atom is 0.253 e. The summed E-state index contributed by atoms with van der Waals surface area (Å²) in [5, 5.41) is 0.979. The van der Waals surface area contributed by atoms with E-state index in [4.69, 9.17) is 4.74 Å². The molecule has 1 heterocycles. The van der Waals surface area contributed by atoms with Crippen LogP contribution >= 0.6 is 31.9 Å². The fraction of sp³-hybridized carbons (Fsp3) is 0.500. The van der Waals surface area contributed by atoms with Crippen molar-refractivity contribution in [3.8, 4) is 5.75 Å². The number of hydrogen-bond donors (Lipinski definition) is 0. The van der Waals surface area contributed by atoms with Crippen molar-refractivity contribution in [1.82, 2.24) is 9.80 Å². The quantitative estimate of drug-likeness (QED) is 0.722. The number of amides is 1. The smallest absolute Gasteiger partial charge is 0.253 e. The third kappa shape index (κ3) is 3.74. The number of methoxy groups -OCH3 is 1. The lowest BCUT2D eigenvalue weighted by molar-refractivity contribution is 0.0645. The van der Waals surface area contributed by atoms with E-state index in [1.54, 1.807) is 7.11 Å². The molecule has 0 aliphatic carbocycles. The second-order valence-electron chi connectivity index (χ2n) is 4.67. The number of halogens is 2. The number of piperazine rings is 1. The molecular weight excluding hydrogens is 388 g/mol. The van der Waals surface area contributed by atoms with Crippen molar-refractivity contribution in [2.75, 3.05) is 45.2 Å². The van der Waals surface area contributed by atoms with Gasteiger partial charge in [0.25, 0.3) is 5.91 Å². The molecule has 0 bridgehead atoms. The Kier molecular flexibility index (Phi) is 5.86. The van der Waals surface area contributed by atoms with Crippen LogP contribution in [0.2, 0.25) is 0 Å². The van der Waals surface area contributed by atoms with Gasteiger partial charge in [0, 0.05) is 43.6 Å². The SMILES string of the molecule is COc1ccc(C(=O)N2CCN(CCBr)CC2)cc1Br. The molecule has 0 unspecified atom stereocenters. The number of carbonyl (C=O) groups excluding carboxylic acids is 1. The zero-order valence-electron chi connectivity index (χ0n) is 11.4. The Bertz CT molecular complexity index is 474. The lowest BCUT2D eigenvalue weighted by atomic mass is 10.1. The molecule has 1 aliphatic rings. The number of rotatable bonds is 4. The van der Waals surface area contributed by atoms with Gasteiger partial charge in [-0.15, -0.1) is 0 Å². The molecule has 1 fully saturated rings. The number of benzene rings is 1. The summed E-state index contributed by atoms with van der Waals surface area (Å²) in [5.74, 6) is 0.829. The van der Waals surface area contributed by atoms with E-state index in [9.17, 15) is 4.79 Å². The average molecular weight is 406 g/mol. The Morgan fingerprint density at radius 3 is 2.55 bits per heavy atom. The van der Waals surface area contributed by atoms with Crippen LogP contribution in [0.1, 0.15) is 10.4 Å². The topological polar surface area (TPSA) is 32.8 Å². The van der Waals surface area contributed by atoms with Gasteiger partial charge in [0.1, 0.15) is 5.75 Å². The minimum absolute atomic E-state index is 0.0897. The van der Waals surface area contributed by atoms with Crippen LogP contribution in [0.25, 0.3) is 0 Å². The van der Waals surface area contributed by atoms with Gasteiger partial charge in [0.2, 0.25) is 0 Å². The van der Waals surface area contributed by atoms with Gasteiger partial charge in [0.05, 0.1) is 11.6 Å². The van der Waals surface area contributed by atoms with Gasteiger partial charge in [-0.1, -0.05) is 15.9 Å². The molecule has 1 amide bonds. The van der Waals surface area contributed by atoms with E-state index >= 15 is 0 Å². The van der Waals surface area contributed by atoms with Crippen LogP contribution in [0.4, 0.5) is 0 Å². The first kappa shape index (κ1) is 15.8. The first-order chi connectivity index (χ1) is 9.65. The Morgan fingerprint density at radius 1 is 1.30 bits per heavy atom. The van der Waals surface area contributed by atoms with E-state index < -0.39 is 0 Å². The number of hydrogen-bond acceptors (Lipinski definition) is 3. The molecule has 6 heteroatoms. The summed E-state index contributed by atoms with van der Waals surface area (Å²) in [4.78, 5) is 16.7. The molecule has 0 radical (unpaired) electrons. The summed E-state index contributed by atoms with van der Waals surface area (Å²) in [7, 11) is 1.62. The third-order valence-electron chi connectivity index (χ3n) is 3.46. The second-order valence-corrected chi connectivity index (χ2v) is 6.32. The predicted molar refractivity (Wildman–Crippen MR) is 86.8 cm³/mol. The fourth-order valence-corrected chi connectivity index (χ4v) is 3.32. The first-order valence-corrected chi connectivity index (χ1v) is 8.48. The van der Waals surface area contributed by atoms with E-state index in [0.717, 1.165) is 48.3 Å². The molecule has 2 rings (SSSR count). The van der Waals surface area contributed by atoms with E-state index in [1.165, 1.54) is 0 Å². The molecule has 1 aliphatic heterocycles. The highest BCUT2D eigenvalue weighted by Gasteiger charge is 2.22. The summed E-state index contributed by atoms with van der Waals surface area (Å²) in [6, 6.07) is 5.46. The van der Waals surface area contributed by atoms with Crippen molar-refractivity contribution in [3.05, 3.63) is 28.2 Å². The molecule has 20 heavy (non-hydrogen) atoms. The van der Waals surface area contributed by atoms with E-state index in [2.05, 4.69) is 36.8 Å². The monoisotopic (exact) mass is 404 g/mol.